The van der Waals surface area contributed by atoms with Crippen molar-refractivity contribution in [1.29, 1.82) is 0 Å². The molecule has 0 aliphatic carbocycles. The predicted octanol–water partition coefficient (Wildman–Crippen LogP) is 2.30. The van der Waals surface area contributed by atoms with Crippen LogP contribution in [0, 0.1) is 0 Å². The van der Waals surface area contributed by atoms with E-state index in [4.69, 9.17) is 14.2 Å². The smallest absolute Gasteiger partial charge is 0.410 e. The highest BCUT2D eigenvalue weighted by Crippen LogP contribution is 2.36. The van der Waals surface area contributed by atoms with Crippen molar-refractivity contribution in [2.24, 2.45) is 0 Å². The Kier molecular flexibility index (Phi) is 3.87. The number of ether oxygens (including phenoxy) is 3. The molecule has 1 aromatic carbocycles. The van der Waals surface area contributed by atoms with Gasteiger partial charge in [0.15, 0.2) is 11.5 Å². The minimum absolute atomic E-state index is 0.0712. The van der Waals surface area contributed by atoms with Crippen molar-refractivity contribution in [2.45, 2.75) is 32.4 Å². The van der Waals surface area contributed by atoms with E-state index in [0.29, 0.717) is 13.1 Å². The molecule has 0 radical (unpaired) electrons. The van der Waals surface area contributed by atoms with Crippen LogP contribution in [0.4, 0.5) is 4.79 Å². The van der Waals surface area contributed by atoms with Gasteiger partial charge in [0, 0.05) is 19.6 Å². The zero-order chi connectivity index (χ0) is 15.7. The van der Waals surface area contributed by atoms with E-state index in [1.165, 1.54) is 0 Å². The molecule has 6 heteroatoms. The van der Waals surface area contributed by atoms with Gasteiger partial charge in [0.2, 0.25) is 6.79 Å². The van der Waals surface area contributed by atoms with Gasteiger partial charge < -0.3 is 19.5 Å². The fourth-order valence-electron chi connectivity index (χ4n) is 2.66. The average molecular weight is 306 g/mol. The number of carbonyl (C=O) groups excluding carboxylic acids is 1. The molecule has 2 aliphatic rings. The second-order valence-electron chi connectivity index (χ2n) is 6.51. The largest absolute Gasteiger partial charge is 0.454 e. The number of fused-ring (bicyclic) bond motifs is 1. The number of hydrogen-bond donors (Lipinski definition) is 1. The number of amides is 1. The third-order valence-corrected chi connectivity index (χ3v) is 3.65. The fraction of sp³-hybridized carbons (Fsp3) is 0.562. The maximum absolute atomic E-state index is 12.5. The van der Waals surface area contributed by atoms with E-state index >= 15 is 0 Å². The van der Waals surface area contributed by atoms with Gasteiger partial charge in [-0.3, -0.25) is 4.90 Å². The Labute approximate surface area is 130 Å². The molecule has 1 atom stereocenters. The summed E-state index contributed by atoms with van der Waals surface area (Å²) in [6, 6.07) is 5.73. The Morgan fingerprint density at radius 3 is 2.86 bits per heavy atom. The van der Waals surface area contributed by atoms with Crippen LogP contribution < -0.4 is 14.8 Å². The molecule has 1 N–H and O–H groups in total. The summed E-state index contributed by atoms with van der Waals surface area (Å²) in [5.74, 6) is 1.48. The highest BCUT2D eigenvalue weighted by molar-refractivity contribution is 5.69. The van der Waals surface area contributed by atoms with Crippen LogP contribution in [-0.2, 0) is 4.74 Å². The van der Waals surface area contributed by atoms with Gasteiger partial charge in [-0.25, -0.2) is 4.79 Å². The average Bonchev–Trinajstić information content (AvgIpc) is 2.92. The Morgan fingerprint density at radius 2 is 2.09 bits per heavy atom. The lowest BCUT2D eigenvalue weighted by Crippen LogP contribution is -2.50. The first-order chi connectivity index (χ1) is 10.4. The Balaban J connectivity index is 1.82. The van der Waals surface area contributed by atoms with Crippen LogP contribution in [0.5, 0.6) is 11.5 Å². The van der Waals surface area contributed by atoms with Gasteiger partial charge in [0.1, 0.15) is 5.60 Å². The molecule has 1 unspecified atom stereocenters. The van der Waals surface area contributed by atoms with Crippen molar-refractivity contribution in [3.63, 3.8) is 0 Å². The third-order valence-electron chi connectivity index (χ3n) is 3.65. The molecule has 0 saturated carbocycles. The van der Waals surface area contributed by atoms with Crippen molar-refractivity contribution in [3.05, 3.63) is 23.8 Å². The maximum Gasteiger partial charge on any atom is 0.410 e. The highest BCUT2D eigenvalue weighted by atomic mass is 16.7. The first kappa shape index (κ1) is 15.0. The number of rotatable bonds is 1. The SMILES string of the molecule is CC(C)(C)OC(=O)N1CCNCC1c1ccc2c(c1)OCO2. The van der Waals surface area contributed by atoms with Crippen molar-refractivity contribution in [1.82, 2.24) is 10.2 Å². The molecule has 120 valence electrons. The molecule has 3 rings (SSSR count). The number of piperazine rings is 1. The Bertz CT molecular complexity index is 568. The highest BCUT2D eigenvalue weighted by Gasteiger charge is 2.32. The van der Waals surface area contributed by atoms with Crippen molar-refractivity contribution < 1.29 is 19.0 Å². The molecule has 1 fully saturated rings. The van der Waals surface area contributed by atoms with Crippen LogP contribution in [0.3, 0.4) is 0 Å². The van der Waals surface area contributed by atoms with Gasteiger partial charge in [0.25, 0.3) is 0 Å². The third kappa shape index (κ3) is 3.11. The molecule has 1 amide bonds. The van der Waals surface area contributed by atoms with E-state index in [1.54, 1.807) is 4.90 Å². The summed E-state index contributed by atoms with van der Waals surface area (Å²) >= 11 is 0. The van der Waals surface area contributed by atoms with Crippen molar-refractivity contribution in [3.8, 4) is 11.5 Å². The summed E-state index contributed by atoms with van der Waals surface area (Å²) in [6.07, 6.45) is -0.281. The van der Waals surface area contributed by atoms with Crippen LogP contribution in [0.15, 0.2) is 18.2 Å². The van der Waals surface area contributed by atoms with Crippen LogP contribution in [0.2, 0.25) is 0 Å². The lowest BCUT2D eigenvalue weighted by atomic mass is 10.0. The molecule has 0 aromatic heterocycles. The topological polar surface area (TPSA) is 60.0 Å². The van der Waals surface area contributed by atoms with E-state index < -0.39 is 5.60 Å². The standard InChI is InChI=1S/C16H22N2O4/c1-16(2,3)22-15(19)18-7-6-17-9-12(18)11-4-5-13-14(8-11)21-10-20-13/h4-5,8,12,17H,6-7,9-10H2,1-3H3. The number of nitrogens with zero attached hydrogens (tertiary/aromatic N) is 1. The quantitative estimate of drug-likeness (QED) is 0.862. The molecule has 22 heavy (non-hydrogen) atoms. The lowest BCUT2D eigenvalue weighted by molar-refractivity contribution is 0.0117. The second kappa shape index (κ2) is 5.68. The molecular formula is C16H22N2O4. The fourth-order valence-corrected chi connectivity index (χ4v) is 2.66. The summed E-state index contributed by atoms with van der Waals surface area (Å²) in [6.45, 7) is 7.96. The van der Waals surface area contributed by atoms with Crippen molar-refractivity contribution in [2.75, 3.05) is 26.4 Å². The molecule has 1 aromatic rings. The van der Waals surface area contributed by atoms with Gasteiger partial charge >= 0.3 is 6.09 Å². The van der Waals surface area contributed by atoms with Gasteiger partial charge in [-0.2, -0.15) is 0 Å². The number of nitrogens with one attached hydrogen (secondary N) is 1. The lowest BCUT2D eigenvalue weighted by Gasteiger charge is -2.37. The van der Waals surface area contributed by atoms with E-state index in [2.05, 4.69) is 5.32 Å². The van der Waals surface area contributed by atoms with E-state index in [-0.39, 0.29) is 18.9 Å². The zero-order valence-corrected chi connectivity index (χ0v) is 13.2. The predicted molar refractivity (Wildman–Crippen MR) is 81.1 cm³/mol. The van der Waals surface area contributed by atoms with Crippen LogP contribution in [-0.4, -0.2) is 43.0 Å². The zero-order valence-electron chi connectivity index (χ0n) is 13.2. The summed E-state index contributed by atoms with van der Waals surface area (Å²) < 4.78 is 16.3. The molecule has 0 bridgehead atoms. The normalized spacial score (nSPS) is 20.9. The Morgan fingerprint density at radius 1 is 1.32 bits per heavy atom. The maximum atomic E-state index is 12.5. The van der Waals surface area contributed by atoms with Crippen LogP contribution in [0.1, 0.15) is 32.4 Å². The van der Waals surface area contributed by atoms with Gasteiger partial charge in [-0.15, -0.1) is 0 Å². The number of benzene rings is 1. The summed E-state index contributed by atoms with van der Waals surface area (Å²) in [4.78, 5) is 14.2. The summed E-state index contributed by atoms with van der Waals surface area (Å²) in [7, 11) is 0. The van der Waals surface area contributed by atoms with E-state index in [9.17, 15) is 4.79 Å². The van der Waals surface area contributed by atoms with E-state index in [0.717, 1.165) is 23.6 Å². The minimum Gasteiger partial charge on any atom is -0.454 e. The monoisotopic (exact) mass is 306 g/mol. The van der Waals surface area contributed by atoms with Crippen LogP contribution >= 0.6 is 0 Å². The number of carbonyl (C=O) groups is 1. The summed E-state index contributed by atoms with van der Waals surface area (Å²) in [5.41, 5.74) is 0.517. The van der Waals surface area contributed by atoms with Gasteiger partial charge in [0.05, 0.1) is 6.04 Å². The molecule has 6 nitrogen and oxygen atoms in total. The molecule has 1 saturated heterocycles. The number of hydrogen-bond acceptors (Lipinski definition) is 5. The van der Waals surface area contributed by atoms with Crippen LogP contribution in [0.25, 0.3) is 0 Å². The Hall–Kier alpha value is -1.95. The summed E-state index contributed by atoms with van der Waals surface area (Å²) in [5, 5.41) is 3.33. The first-order valence-corrected chi connectivity index (χ1v) is 7.54. The molecule has 0 spiro atoms. The second-order valence-corrected chi connectivity index (χ2v) is 6.51. The van der Waals surface area contributed by atoms with Gasteiger partial charge in [-0.1, -0.05) is 6.07 Å². The molecular weight excluding hydrogens is 284 g/mol. The minimum atomic E-state index is -0.499. The molecule has 2 heterocycles. The molecule has 2 aliphatic heterocycles. The first-order valence-electron chi connectivity index (χ1n) is 7.54. The van der Waals surface area contributed by atoms with Crippen molar-refractivity contribution >= 4 is 6.09 Å². The van der Waals surface area contributed by atoms with E-state index in [1.807, 2.05) is 39.0 Å². The van der Waals surface area contributed by atoms with Gasteiger partial charge in [-0.05, 0) is 38.5 Å².